The highest BCUT2D eigenvalue weighted by Gasteiger charge is 2.19. The van der Waals surface area contributed by atoms with E-state index in [1.54, 1.807) is 14.0 Å². The Morgan fingerprint density at radius 2 is 1.92 bits per heavy atom. The topological polar surface area (TPSA) is 103 Å². The number of carbonyl (C=O) groups excluding carboxylic acids is 1. The summed E-state index contributed by atoms with van der Waals surface area (Å²) in [6.45, 7) is 3.92. The van der Waals surface area contributed by atoms with Gasteiger partial charge in [0.05, 0.1) is 23.2 Å². The lowest BCUT2D eigenvalue weighted by Gasteiger charge is -2.17. The van der Waals surface area contributed by atoms with Crippen molar-refractivity contribution in [3.63, 3.8) is 0 Å². The zero-order chi connectivity index (χ0) is 19.2. The molecule has 0 aliphatic rings. The Labute approximate surface area is 148 Å². The van der Waals surface area contributed by atoms with E-state index in [4.69, 9.17) is 4.52 Å². The third kappa shape index (κ3) is 2.71. The number of hydrogen-bond acceptors (Lipinski definition) is 6. The van der Waals surface area contributed by atoms with Crippen LogP contribution < -0.4 is 11.2 Å². The van der Waals surface area contributed by atoms with Crippen LogP contribution in [-0.2, 0) is 20.6 Å². The second-order valence-corrected chi connectivity index (χ2v) is 6.26. The van der Waals surface area contributed by atoms with Gasteiger partial charge < -0.3 is 9.42 Å². The largest absolute Gasteiger partial charge is 0.361 e. The highest BCUT2D eigenvalue weighted by atomic mass is 16.5. The molecule has 0 atom stereocenters. The van der Waals surface area contributed by atoms with E-state index in [1.807, 2.05) is 6.92 Å². The predicted octanol–water partition coefficient (Wildman–Crippen LogP) is 0.509. The quantitative estimate of drug-likeness (QED) is 0.677. The lowest BCUT2D eigenvalue weighted by atomic mass is 10.1. The van der Waals surface area contributed by atoms with Gasteiger partial charge in [0, 0.05) is 32.9 Å². The lowest BCUT2D eigenvalue weighted by molar-refractivity contribution is 0.0784. The van der Waals surface area contributed by atoms with Crippen molar-refractivity contribution in [1.29, 1.82) is 0 Å². The third-order valence-corrected chi connectivity index (χ3v) is 4.46. The van der Waals surface area contributed by atoms with Crippen molar-refractivity contribution in [1.82, 2.24) is 24.2 Å². The average molecular weight is 357 g/mol. The van der Waals surface area contributed by atoms with Crippen LogP contribution in [0.15, 0.2) is 26.4 Å². The second-order valence-electron chi connectivity index (χ2n) is 6.26. The number of carbonyl (C=O) groups is 1. The first-order valence-electron chi connectivity index (χ1n) is 7.95. The summed E-state index contributed by atoms with van der Waals surface area (Å²) in [6.07, 6.45) is 1.37. The van der Waals surface area contributed by atoms with Crippen molar-refractivity contribution in [2.75, 3.05) is 7.05 Å². The third-order valence-electron chi connectivity index (χ3n) is 4.46. The molecule has 0 aromatic carbocycles. The minimum atomic E-state index is -0.487. The molecule has 3 rings (SSSR count). The molecule has 0 spiro atoms. The Bertz CT molecular complexity index is 1120. The van der Waals surface area contributed by atoms with Crippen molar-refractivity contribution in [2.24, 2.45) is 14.1 Å². The highest BCUT2D eigenvalue weighted by Crippen LogP contribution is 2.16. The summed E-state index contributed by atoms with van der Waals surface area (Å²) in [6, 6.07) is 1.47. The summed E-state index contributed by atoms with van der Waals surface area (Å²) in [5.41, 5.74) is 1.12. The molecule has 0 saturated heterocycles. The fourth-order valence-corrected chi connectivity index (χ4v) is 2.84. The molecule has 9 heteroatoms. The van der Waals surface area contributed by atoms with E-state index in [0.29, 0.717) is 12.3 Å². The van der Waals surface area contributed by atoms with E-state index >= 15 is 0 Å². The Balaban J connectivity index is 2.01. The van der Waals surface area contributed by atoms with Gasteiger partial charge in [0.1, 0.15) is 11.4 Å². The summed E-state index contributed by atoms with van der Waals surface area (Å²) >= 11 is 0. The monoisotopic (exact) mass is 357 g/mol. The zero-order valence-corrected chi connectivity index (χ0v) is 15.2. The zero-order valence-electron chi connectivity index (χ0n) is 15.2. The number of amides is 1. The molecule has 0 bridgehead atoms. The van der Waals surface area contributed by atoms with Crippen LogP contribution in [0.25, 0.3) is 11.0 Å². The molecular formula is C17H19N5O4. The van der Waals surface area contributed by atoms with Gasteiger partial charge in [-0.1, -0.05) is 5.16 Å². The van der Waals surface area contributed by atoms with E-state index in [0.717, 1.165) is 15.8 Å². The molecule has 0 aliphatic carbocycles. The molecule has 136 valence electrons. The van der Waals surface area contributed by atoms with Gasteiger partial charge in [-0.25, -0.2) is 9.78 Å². The normalized spacial score (nSPS) is 11.1. The SMILES string of the molecule is Cc1noc(C)c1CN(C)C(=O)c1cnc2c(c1)c(=O)n(C)c(=O)n2C. The smallest absolute Gasteiger partial charge is 0.332 e. The summed E-state index contributed by atoms with van der Waals surface area (Å²) < 4.78 is 7.38. The fraction of sp³-hybridized carbons (Fsp3) is 0.353. The van der Waals surface area contributed by atoms with Crippen molar-refractivity contribution >= 4 is 16.9 Å². The Hall–Kier alpha value is -3.23. The average Bonchev–Trinajstić information content (AvgIpc) is 2.95. The van der Waals surface area contributed by atoms with Gasteiger partial charge in [-0.05, 0) is 19.9 Å². The summed E-state index contributed by atoms with van der Waals surface area (Å²) in [5.74, 6) is 0.359. The minimum absolute atomic E-state index is 0.214. The van der Waals surface area contributed by atoms with Gasteiger partial charge in [0.15, 0.2) is 0 Å². The minimum Gasteiger partial charge on any atom is -0.361 e. The molecule has 0 saturated carbocycles. The summed E-state index contributed by atoms with van der Waals surface area (Å²) in [4.78, 5) is 42.7. The second kappa shape index (κ2) is 6.25. The van der Waals surface area contributed by atoms with Crippen molar-refractivity contribution < 1.29 is 9.32 Å². The highest BCUT2D eigenvalue weighted by molar-refractivity contribution is 5.96. The van der Waals surface area contributed by atoms with E-state index in [-0.39, 0.29) is 22.5 Å². The molecule has 0 fully saturated rings. The molecule has 1 amide bonds. The number of fused-ring (bicyclic) bond motifs is 1. The van der Waals surface area contributed by atoms with Gasteiger partial charge in [-0.15, -0.1) is 0 Å². The number of hydrogen-bond donors (Lipinski definition) is 0. The summed E-state index contributed by atoms with van der Waals surface area (Å²) in [7, 11) is 4.57. The maximum Gasteiger partial charge on any atom is 0.332 e. The molecule has 0 aliphatic heterocycles. The van der Waals surface area contributed by atoms with E-state index < -0.39 is 11.2 Å². The molecule has 3 heterocycles. The maximum atomic E-state index is 12.7. The van der Waals surface area contributed by atoms with E-state index in [2.05, 4.69) is 10.1 Å². The Morgan fingerprint density at radius 1 is 1.23 bits per heavy atom. The molecule has 0 unspecified atom stereocenters. The van der Waals surface area contributed by atoms with E-state index in [9.17, 15) is 14.4 Å². The summed E-state index contributed by atoms with van der Waals surface area (Å²) in [5, 5.41) is 4.09. The first-order valence-corrected chi connectivity index (χ1v) is 7.95. The first-order chi connectivity index (χ1) is 12.2. The Morgan fingerprint density at radius 3 is 2.54 bits per heavy atom. The van der Waals surface area contributed by atoms with Crippen LogP contribution in [0.4, 0.5) is 0 Å². The van der Waals surface area contributed by atoms with Crippen LogP contribution >= 0.6 is 0 Å². The molecule has 9 nitrogen and oxygen atoms in total. The molecule has 0 radical (unpaired) electrons. The number of aryl methyl sites for hydroxylation is 3. The molecule has 26 heavy (non-hydrogen) atoms. The van der Waals surface area contributed by atoms with Gasteiger partial charge >= 0.3 is 5.69 Å². The van der Waals surface area contributed by atoms with Gasteiger partial charge in [0.25, 0.3) is 11.5 Å². The van der Waals surface area contributed by atoms with Crippen molar-refractivity contribution in [3.8, 4) is 0 Å². The number of rotatable bonds is 3. The van der Waals surface area contributed by atoms with Gasteiger partial charge in [0.2, 0.25) is 0 Å². The van der Waals surface area contributed by atoms with E-state index in [1.165, 1.54) is 35.8 Å². The van der Waals surface area contributed by atoms with Crippen molar-refractivity contribution in [3.05, 3.63) is 55.7 Å². The molecular weight excluding hydrogens is 338 g/mol. The van der Waals surface area contributed by atoms with Crippen LogP contribution in [0.1, 0.15) is 27.4 Å². The van der Waals surface area contributed by atoms with Crippen LogP contribution in [0.2, 0.25) is 0 Å². The molecule has 3 aromatic rings. The number of pyridine rings is 1. The van der Waals surface area contributed by atoms with Crippen LogP contribution in [0, 0.1) is 13.8 Å². The van der Waals surface area contributed by atoms with Crippen LogP contribution in [0.5, 0.6) is 0 Å². The van der Waals surface area contributed by atoms with Gasteiger partial charge in [-0.3, -0.25) is 18.7 Å². The number of aromatic nitrogens is 4. The predicted molar refractivity (Wildman–Crippen MR) is 94.0 cm³/mol. The maximum absolute atomic E-state index is 12.7. The first kappa shape index (κ1) is 17.6. The number of nitrogens with zero attached hydrogens (tertiary/aromatic N) is 5. The van der Waals surface area contributed by atoms with Crippen LogP contribution in [-0.4, -0.2) is 37.1 Å². The standard InChI is InChI=1S/C17H19N5O4/c1-9-13(10(2)26-19-9)8-20(3)15(23)11-6-12-14(18-7-11)21(4)17(25)22(5)16(12)24/h6-7H,8H2,1-5H3. The molecule has 0 N–H and O–H groups in total. The molecule has 3 aromatic heterocycles. The lowest BCUT2D eigenvalue weighted by Crippen LogP contribution is -2.37. The van der Waals surface area contributed by atoms with Crippen LogP contribution in [0.3, 0.4) is 0 Å². The van der Waals surface area contributed by atoms with Gasteiger partial charge in [-0.2, -0.15) is 0 Å². The van der Waals surface area contributed by atoms with Crippen molar-refractivity contribution in [2.45, 2.75) is 20.4 Å². The Kier molecular flexibility index (Phi) is 4.23. The fourth-order valence-electron chi connectivity index (χ4n) is 2.84.